The van der Waals surface area contributed by atoms with Crippen molar-refractivity contribution in [2.45, 2.75) is 25.8 Å². The molecule has 0 aliphatic heterocycles. The molecule has 3 nitrogen and oxygen atoms in total. The van der Waals surface area contributed by atoms with Crippen molar-refractivity contribution in [2.75, 3.05) is 6.54 Å². The van der Waals surface area contributed by atoms with E-state index in [1.54, 1.807) is 6.08 Å². The predicted octanol–water partition coefficient (Wildman–Crippen LogP) is 2.59. The molecule has 0 radical (unpaired) electrons. The molecule has 1 unspecified atom stereocenters. The van der Waals surface area contributed by atoms with Crippen LogP contribution in [0.25, 0.3) is 10.9 Å². The van der Waals surface area contributed by atoms with Gasteiger partial charge < -0.3 is 15.6 Å². The zero-order valence-corrected chi connectivity index (χ0v) is 12.4. The lowest BCUT2D eigenvalue weighted by atomic mass is 10.1. The van der Waals surface area contributed by atoms with E-state index >= 15 is 0 Å². The van der Waals surface area contributed by atoms with Crippen LogP contribution in [0.2, 0.25) is 0 Å². The smallest absolute Gasteiger partial charge is 0.166 e. The van der Waals surface area contributed by atoms with E-state index in [1.165, 1.54) is 27.7 Å². The summed E-state index contributed by atoms with van der Waals surface area (Å²) in [4.78, 5) is 3.53. The van der Waals surface area contributed by atoms with Crippen LogP contribution < -0.4 is 10.6 Å². The molecule has 0 amide bonds. The molecule has 0 spiro atoms. The fraction of sp³-hybridized carbons (Fsp3) is 0.312. The summed E-state index contributed by atoms with van der Waals surface area (Å²) < 4.78 is 0. The minimum Gasteiger partial charge on any atom is -0.359 e. The number of aromatic amines is 1. The van der Waals surface area contributed by atoms with E-state index < -0.39 is 0 Å². The SMILES string of the molecule is C=CCNC(=S)NC1Cc2[nH]c3ccc(C)cc3c2C1. The minimum atomic E-state index is 0.381. The molecule has 4 heteroatoms. The van der Waals surface area contributed by atoms with Gasteiger partial charge in [-0.15, -0.1) is 6.58 Å². The Morgan fingerprint density at radius 2 is 2.35 bits per heavy atom. The first-order valence-electron chi connectivity index (χ1n) is 6.92. The number of rotatable bonds is 3. The number of aromatic nitrogens is 1. The molecular weight excluding hydrogens is 266 g/mol. The van der Waals surface area contributed by atoms with Crippen LogP contribution in [-0.2, 0) is 12.8 Å². The lowest BCUT2D eigenvalue weighted by Crippen LogP contribution is -2.42. The Morgan fingerprint density at radius 1 is 1.50 bits per heavy atom. The molecule has 1 aromatic carbocycles. The number of aryl methyl sites for hydroxylation is 1. The van der Waals surface area contributed by atoms with Gasteiger partial charge in [0, 0.05) is 35.6 Å². The van der Waals surface area contributed by atoms with E-state index in [2.05, 4.69) is 47.3 Å². The normalized spacial score (nSPS) is 16.9. The molecule has 0 bridgehead atoms. The summed E-state index contributed by atoms with van der Waals surface area (Å²) in [7, 11) is 0. The number of benzene rings is 1. The first-order chi connectivity index (χ1) is 9.67. The number of H-pyrrole nitrogens is 1. The summed E-state index contributed by atoms with van der Waals surface area (Å²) in [5.41, 5.74) is 5.33. The summed E-state index contributed by atoms with van der Waals surface area (Å²) in [5, 5.41) is 8.56. The molecule has 1 atom stereocenters. The molecule has 1 aliphatic rings. The van der Waals surface area contributed by atoms with Crippen LogP contribution in [0, 0.1) is 6.92 Å². The second-order valence-corrected chi connectivity index (χ2v) is 5.79. The van der Waals surface area contributed by atoms with E-state index in [1.807, 2.05) is 0 Å². The van der Waals surface area contributed by atoms with Crippen LogP contribution in [0.15, 0.2) is 30.9 Å². The Kier molecular flexibility index (Phi) is 3.49. The molecule has 20 heavy (non-hydrogen) atoms. The first-order valence-corrected chi connectivity index (χ1v) is 7.33. The van der Waals surface area contributed by atoms with Gasteiger partial charge >= 0.3 is 0 Å². The molecule has 1 aromatic heterocycles. The molecule has 1 aliphatic carbocycles. The number of nitrogens with one attached hydrogen (secondary N) is 3. The molecule has 1 heterocycles. The number of hydrogen-bond acceptors (Lipinski definition) is 1. The number of thiocarbonyl (C=S) groups is 1. The van der Waals surface area contributed by atoms with Crippen molar-refractivity contribution in [3.8, 4) is 0 Å². The molecular formula is C16H19N3S. The van der Waals surface area contributed by atoms with Crippen molar-refractivity contribution in [2.24, 2.45) is 0 Å². The van der Waals surface area contributed by atoms with Crippen molar-refractivity contribution in [3.05, 3.63) is 47.7 Å². The lowest BCUT2D eigenvalue weighted by Gasteiger charge is -2.15. The Morgan fingerprint density at radius 3 is 3.15 bits per heavy atom. The zero-order valence-electron chi connectivity index (χ0n) is 11.6. The Balaban J connectivity index is 1.74. The van der Waals surface area contributed by atoms with Crippen LogP contribution in [-0.4, -0.2) is 22.7 Å². The highest BCUT2D eigenvalue weighted by Gasteiger charge is 2.25. The second-order valence-electron chi connectivity index (χ2n) is 5.38. The molecule has 0 saturated heterocycles. The maximum atomic E-state index is 5.28. The molecule has 104 valence electrons. The van der Waals surface area contributed by atoms with Gasteiger partial charge in [-0.1, -0.05) is 17.7 Å². The van der Waals surface area contributed by atoms with Gasteiger partial charge in [0.05, 0.1) is 0 Å². The van der Waals surface area contributed by atoms with Crippen molar-refractivity contribution < 1.29 is 0 Å². The molecule has 0 saturated carbocycles. The number of fused-ring (bicyclic) bond motifs is 3. The summed E-state index contributed by atoms with van der Waals surface area (Å²) in [6.45, 7) is 6.51. The Bertz CT molecular complexity index is 672. The highest BCUT2D eigenvalue weighted by atomic mass is 32.1. The van der Waals surface area contributed by atoms with Gasteiger partial charge in [0.15, 0.2) is 5.11 Å². The van der Waals surface area contributed by atoms with Crippen LogP contribution in [0.3, 0.4) is 0 Å². The topological polar surface area (TPSA) is 39.8 Å². The lowest BCUT2D eigenvalue weighted by molar-refractivity contribution is 0.634. The van der Waals surface area contributed by atoms with E-state index in [0.29, 0.717) is 17.7 Å². The van der Waals surface area contributed by atoms with E-state index in [4.69, 9.17) is 12.2 Å². The fourth-order valence-corrected chi connectivity index (χ4v) is 3.14. The zero-order chi connectivity index (χ0) is 14.1. The van der Waals surface area contributed by atoms with Crippen molar-refractivity contribution in [1.82, 2.24) is 15.6 Å². The summed E-state index contributed by atoms with van der Waals surface area (Å²) >= 11 is 5.28. The third-order valence-corrected chi connectivity index (χ3v) is 4.06. The summed E-state index contributed by atoms with van der Waals surface area (Å²) in [6, 6.07) is 6.96. The third-order valence-electron chi connectivity index (χ3n) is 3.79. The van der Waals surface area contributed by atoms with Crippen LogP contribution >= 0.6 is 12.2 Å². The first kappa shape index (κ1) is 13.2. The molecule has 0 fully saturated rings. The Hall–Kier alpha value is -1.81. The van der Waals surface area contributed by atoms with Crippen LogP contribution in [0.4, 0.5) is 0 Å². The molecule has 3 rings (SSSR count). The van der Waals surface area contributed by atoms with Crippen molar-refractivity contribution >= 4 is 28.2 Å². The quantitative estimate of drug-likeness (QED) is 0.599. The second kappa shape index (κ2) is 5.29. The van der Waals surface area contributed by atoms with Gasteiger partial charge in [0.25, 0.3) is 0 Å². The fourth-order valence-electron chi connectivity index (χ4n) is 2.89. The van der Waals surface area contributed by atoms with Gasteiger partial charge in [-0.2, -0.15) is 0 Å². The predicted molar refractivity (Wildman–Crippen MR) is 88.2 cm³/mol. The summed E-state index contributed by atoms with van der Waals surface area (Å²) in [6.07, 6.45) is 3.83. The third kappa shape index (κ3) is 2.43. The van der Waals surface area contributed by atoms with Gasteiger partial charge in [0.2, 0.25) is 0 Å². The standard InChI is InChI=1S/C16H19N3S/c1-3-6-17-16(20)18-11-8-13-12-7-10(2)4-5-14(12)19-15(13)9-11/h3-5,7,11,19H,1,6,8-9H2,2H3,(H2,17,18,20). The summed E-state index contributed by atoms with van der Waals surface area (Å²) in [5.74, 6) is 0. The maximum Gasteiger partial charge on any atom is 0.166 e. The monoisotopic (exact) mass is 285 g/mol. The minimum absolute atomic E-state index is 0.381. The van der Waals surface area contributed by atoms with Gasteiger partial charge in [-0.25, -0.2) is 0 Å². The molecule has 3 N–H and O–H groups in total. The van der Waals surface area contributed by atoms with Crippen molar-refractivity contribution in [3.63, 3.8) is 0 Å². The Labute approximate surface area is 124 Å². The number of hydrogen-bond donors (Lipinski definition) is 3. The van der Waals surface area contributed by atoms with Crippen LogP contribution in [0.5, 0.6) is 0 Å². The van der Waals surface area contributed by atoms with Gasteiger partial charge in [0.1, 0.15) is 0 Å². The largest absolute Gasteiger partial charge is 0.359 e. The van der Waals surface area contributed by atoms with Crippen molar-refractivity contribution in [1.29, 1.82) is 0 Å². The molecule has 2 aromatic rings. The van der Waals surface area contributed by atoms with E-state index in [0.717, 1.165) is 12.8 Å². The maximum absolute atomic E-state index is 5.28. The highest BCUT2D eigenvalue weighted by molar-refractivity contribution is 7.80. The van der Waals surface area contributed by atoms with Gasteiger partial charge in [-0.05, 0) is 43.3 Å². The van der Waals surface area contributed by atoms with E-state index in [-0.39, 0.29) is 0 Å². The van der Waals surface area contributed by atoms with Crippen LogP contribution in [0.1, 0.15) is 16.8 Å². The van der Waals surface area contributed by atoms with Gasteiger partial charge in [-0.3, -0.25) is 0 Å². The average molecular weight is 285 g/mol. The highest BCUT2D eigenvalue weighted by Crippen LogP contribution is 2.30. The van der Waals surface area contributed by atoms with E-state index in [9.17, 15) is 0 Å². The average Bonchev–Trinajstić information content (AvgIpc) is 2.94.